The molecule has 0 atom stereocenters. The van der Waals surface area contributed by atoms with Crippen LogP contribution in [0.2, 0.25) is 0 Å². The van der Waals surface area contributed by atoms with E-state index in [9.17, 15) is 9.59 Å². The first-order valence-electron chi connectivity index (χ1n) is 10.2. The van der Waals surface area contributed by atoms with Crippen molar-refractivity contribution in [3.8, 4) is 11.4 Å². The van der Waals surface area contributed by atoms with Gasteiger partial charge in [0.15, 0.2) is 12.3 Å². The van der Waals surface area contributed by atoms with Gasteiger partial charge in [0.25, 0.3) is 5.91 Å². The number of rotatable bonds is 8. The Morgan fingerprint density at radius 1 is 1.10 bits per heavy atom. The molecule has 1 heterocycles. The highest BCUT2D eigenvalue weighted by molar-refractivity contribution is 5.90. The van der Waals surface area contributed by atoms with Crippen molar-refractivity contribution >= 4 is 11.9 Å². The molecule has 1 amide bonds. The topological polar surface area (TPSA) is 73.7 Å². The third-order valence-corrected chi connectivity index (χ3v) is 5.29. The van der Waals surface area contributed by atoms with Crippen LogP contribution >= 0.6 is 0 Å². The number of benzene rings is 2. The third kappa shape index (κ3) is 4.77. The number of ether oxygens (including phenoxy) is 2. The molecular weight excluding hydrogens is 394 g/mol. The Balaban J connectivity index is 1.43. The zero-order chi connectivity index (χ0) is 21.8. The van der Waals surface area contributed by atoms with Gasteiger partial charge >= 0.3 is 5.97 Å². The minimum atomic E-state index is -0.567. The Morgan fingerprint density at radius 3 is 2.52 bits per heavy atom. The van der Waals surface area contributed by atoms with Crippen LogP contribution in [0.5, 0.6) is 5.75 Å². The Morgan fingerprint density at radius 2 is 1.81 bits per heavy atom. The fourth-order valence-electron chi connectivity index (χ4n) is 3.38. The Hall–Kier alpha value is -3.61. The van der Waals surface area contributed by atoms with Crippen molar-refractivity contribution in [2.45, 2.75) is 25.3 Å². The SMILES string of the molecule is COc1ccccc1CN(C)C(=O)COC(=O)c1cc(C2CC2)nn1-c1ccccc1. The predicted molar refractivity (Wildman–Crippen MR) is 115 cm³/mol. The molecule has 1 aliphatic carbocycles. The highest BCUT2D eigenvalue weighted by Gasteiger charge is 2.29. The number of hydrogen-bond donors (Lipinski definition) is 0. The Kier molecular flexibility index (Phi) is 6.02. The fourth-order valence-corrected chi connectivity index (χ4v) is 3.38. The minimum Gasteiger partial charge on any atom is -0.496 e. The molecule has 2 aromatic carbocycles. The van der Waals surface area contributed by atoms with Gasteiger partial charge in [-0.15, -0.1) is 0 Å². The Bertz CT molecular complexity index is 1070. The van der Waals surface area contributed by atoms with Crippen molar-refractivity contribution in [3.05, 3.63) is 77.6 Å². The molecule has 1 saturated carbocycles. The van der Waals surface area contributed by atoms with Gasteiger partial charge < -0.3 is 14.4 Å². The highest BCUT2D eigenvalue weighted by Crippen LogP contribution is 2.39. The quantitative estimate of drug-likeness (QED) is 0.522. The number of hydrogen-bond acceptors (Lipinski definition) is 5. The molecule has 160 valence electrons. The highest BCUT2D eigenvalue weighted by atomic mass is 16.5. The first kappa shape index (κ1) is 20.7. The number of carbonyl (C=O) groups excluding carboxylic acids is 2. The fraction of sp³-hybridized carbons (Fsp3) is 0.292. The van der Waals surface area contributed by atoms with Gasteiger partial charge in [0.05, 0.1) is 18.5 Å². The monoisotopic (exact) mass is 419 g/mol. The second kappa shape index (κ2) is 9.04. The lowest BCUT2D eigenvalue weighted by molar-refractivity contribution is -0.133. The average molecular weight is 419 g/mol. The summed E-state index contributed by atoms with van der Waals surface area (Å²) >= 11 is 0. The maximum absolute atomic E-state index is 12.8. The molecule has 0 spiro atoms. The van der Waals surface area contributed by atoms with E-state index in [2.05, 4.69) is 5.10 Å². The molecule has 0 N–H and O–H groups in total. The lowest BCUT2D eigenvalue weighted by Crippen LogP contribution is -2.31. The van der Waals surface area contributed by atoms with Crippen molar-refractivity contribution in [2.24, 2.45) is 0 Å². The molecule has 7 nitrogen and oxygen atoms in total. The van der Waals surface area contributed by atoms with Gasteiger partial charge in [-0.3, -0.25) is 4.79 Å². The van der Waals surface area contributed by atoms with Crippen LogP contribution in [0.4, 0.5) is 0 Å². The lowest BCUT2D eigenvalue weighted by Gasteiger charge is -2.18. The lowest BCUT2D eigenvalue weighted by atomic mass is 10.2. The first-order chi connectivity index (χ1) is 15.1. The van der Waals surface area contributed by atoms with Crippen LogP contribution in [-0.4, -0.2) is 47.3 Å². The molecule has 3 aromatic rings. The molecule has 0 bridgehead atoms. The first-order valence-corrected chi connectivity index (χ1v) is 10.2. The zero-order valence-corrected chi connectivity index (χ0v) is 17.7. The van der Waals surface area contributed by atoms with Gasteiger partial charge in [0.1, 0.15) is 5.75 Å². The van der Waals surface area contributed by atoms with Crippen molar-refractivity contribution in [1.29, 1.82) is 0 Å². The summed E-state index contributed by atoms with van der Waals surface area (Å²) in [5.41, 5.74) is 2.87. The van der Waals surface area contributed by atoms with Crippen LogP contribution in [0.1, 0.15) is 40.5 Å². The molecule has 1 fully saturated rings. The van der Waals surface area contributed by atoms with E-state index in [1.54, 1.807) is 24.9 Å². The number of methoxy groups -OCH3 is 1. The van der Waals surface area contributed by atoms with E-state index in [4.69, 9.17) is 9.47 Å². The summed E-state index contributed by atoms with van der Waals surface area (Å²) in [6, 6.07) is 18.7. The van der Waals surface area contributed by atoms with Crippen molar-refractivity contribution in [3.63, 3.8) is 0 Å². The number of para-hydroxylation sites is 2. The Labute approximate surface area is 181 Å². The van der Waals surface area contributed by atoms with Gasteiger partial charge in [-0.25, -0.2) is 9.48 Å². The van der Waals surface area contributed by atoms with E-state index in [0.29, 0.717) is 23.9 Å². The second-order valence-corrected chi connectivity index (χ2v) is 7.61. The van der Waals surface area contributed by atoms with Crippen LogP contribution in [0.15, 0.2) is 60.7 Å². The summed E-state index contributed by atoms with van der Waals surface area (Å²) in [7, 11) is 3.26. The molecule has 31 heavy (non-hydrogen) atoms. The zero-order valence-electron chi connectivity index (χ0n) is 17.7. The van der Waals surface area contributed by atoms with E-state index < -0.39 is 5.97 Å². The number of esters is 1. The number of aromatic nitrogens is 2. The van der Waals surface area contributed by atoms with Crippen molar-refractivity contribution < 1.29 is 19.1 Å². The molecule has 0 radical (unpaired) electrons. The summed E-state index contributed by atoms with van der Waals surface area (Å²) in [4.78, 5) is 26.9. The number of nitrogens with zero attached hydrogens (tertiary/aromatic N) is 3. The summed E-state index contributed by atoms with van der Waals surface area (Å²) in [6.07, 6.45) is 2.15. The number of carbonyl (C=O) groups is 2. The maximum Gasteiger partial charge on any atom is 0.357 e. The normalized spacial score (nSPS) is 13.0. The summed E-state index contributed by atoms with van der Waals surface area (Å²) < 4.78 is 12.3. The number of likely N-dealkylation sites (N-methyl/N-ethyl adjacent to an activating group) is 1. The van der Waals surface area contributed by atoms with E-state index in [-0.39, 0.29) is 12.5 Å². The molecule has 4 rings (SSSR count). The van der Waals surface area contributed by atoms with Gasteiger partial charge in [-0.05, 0) is 37.1 Å². The van der Waals surface area contributed by atoms with Crippen LogP contribution < -0.4 is 4.74 Å². The standard InChI is InChI=1S/C24H25N3O4/c1-26(15-18-8-6-7-11-22(18)30-2)23(28)16-31-24(29)21-14-20(17-12-13-17)25-27(21)19-9-4-3-5-10-19/h3-11,14,17H,12-13,15-16H2,1-2H3. The largest absolute Gasteiger partial charge is 0.496 e. The van der Waals surface area contributed by atoms with Crippen LogP contribution in [-0.2, 0) is 16.1 Å². The van der Waals surface area contributed by atoms with E-state index in [0.717, 1.165) is 29.8 Å². The molecular formula is C24H25N3O4. The molecule has 1 aliphatic rings. The van der Waals surface area contributed by atoms with Gasteiger partial charge in [0.2, 0.25) is 0 Å². The number of amides is 1. The molecule has 7 heteroatoms. The van der Waals surface area contributed by atoms with Crippen molar-refractivity contribution in [2.75, 3.05) is 20.8 Å². The van der Waals surface area contributed by atoms with Crippen LogP contribution in [0, 0.1) is 0 Å². The molecule has 0 aliphatic heterocycles. The van der Waals surface area contributed by atoms with Crippen LogP contribution in [0.3, 0.4) is 0 Å². The summed E-state index contributed by atoms with van der Waals surface area (Å²) in [5.74, 6) is 0.235. The molecule has 0 saturated heterocycles. The average Bonchev–Trinajstić information content (AvgIpc) is 3.56. The summed E-state index contributed by atoms with van der Waals surface area (Å²) in [5, 5.41) is 4.61. The van der Waals surface area contributed by atoms with E-state index >= 15 is 0 Å². The minimum absolute atomic E-state index is 0.299. The van der Waals surface area contributed by atoms with Crippen molar-refractivity contribution in [1.82, 2.24) is 14.7 Å². The van der Waals surface area contributed by atoms with Crippen LogP contribution in [0.25, 0.3) is 5.69 Å². The van der Waals surface area contributed by atoms with Gasteiger partial charge in [-0.2, -0.15) is 5.10 Å². The molecule has 1 aromatic heterocycles. The van der Waals surface area contributed by atoms with Gasteiger partial charge in [0, 0.05) is 25.1 Å². The smallest absolute Gasteiger partial charge is 0.357 e. The maximum atomic E-state index is 12.8. The van der Waals surface area contributed by atoms with E-state index in [1.165, 1.54) is 4.90 Å². The van der Waals surface area contributed by atoms with E-state index in [1.807, 2.05) is 54.6 Å². The predicted octanol–water partition coefficient (Wildman–Crippen LogP) is 3.57. The summed E-state index contributed by atoms with van der Waals surface area (Å²) in [6.45, 7) is 0.0113. The second-order valence-electron chi connectivity index (χ2n) is 7.61. The van der Waals surface area contributed by atoms with Gasteiger partial charge in [-0.1, -0.05) is 36.4 Å². The molecule has 0 unspecified atom stereocenters. The third-order valence-electron chi connectivity index (χ3n) is 5.29.